The Hall–Kier alpha value is -1.89. The van der Waals surface area contributed by atoms with E-state index >= 15 is 0 Å². The number of nitrogens with zero attached hydrogens (tertiary/aromatic N) is 1. The summed E-state index contributed by atoms with van der Waals surface area (Å²) < 4.78 is 2.04. The summed E-state index contributed by atoms with van der Waals surface area (Å²) in [5, 5.41) is 0. The topological polar surface area (TPSA) is 3.88 Å². The molecule has 0 aliphatic heterocycles. The van der Waals surface area contributed by atoms with Crippen molar-refractivity contribution in [1.82, 2.24) is 0 Å². The summed E-state index contributed by atoms with van der Waals surface area (Å²) in [5.74, 6) is 0. The Morgan fingerprint density at radius 3 is 2.27 bits per heavy atom. The lowest BCUT2D eigenvalue weighted by Crippen LogP contribution is -2.23. The van der Waals surface area contributed by atoms with Crippen LogP contribution in [0.5, 0.6) is 0 Å². The lowest BCUT2D eigenvalue weighted by atomic mass is 10.1. The van der Waals surface area contributed by atoms with Gasteiger partial charge in [0.05, 0.1) is 0 Å². The van der Waals surface area contributed by atoms with E-state index in [9.17, 15) is 0 Å². The Bertz CT molecular complexity index is 418. The van der Waals surface area contributed by atoms with Gasteiger partial charge in [-0.05, 0) is 18.1 Å². The first-order chi connectivity index (χ1) is 7.45. The third-order valence-corrected chi connectivity index (χ3v) is 2.21. The highest BCUT2D eigenvalue weighted by Gasteiger charge is 1.90. The van der Waals surface area contributed by atoms with E-state index in [4.69, 9.17) is 0 Å². The van der Waals surface area contributed by atoms with Crippen molar-refractivity contribution in [2.45, 2.75) is 6.42 Å². The van der Waals surface area contributed by atoms with Crippen molar-refractivity contribution in [3.05, 3.63) is 72.6 Å². The smallest absolute Gasteiger partial charge is 0.174 e. The van der Waals surface area contributed by atoms with E-state index < -0.39 is 0 Å². The van der Waals surface area contributed by atoms with Crippen LogP contribution in [0.4, 0.5) is 0 Å². The fourth-order valence-electron chi connectivity index (χ4n) is 1.44. The van der Waals surface area contributed by atoms with Crippen LogP contribution in [-0.2, 0) is 6.42 Å². The molecule has 0 aliphatic rings. The van der Waals surface area contributed by atoms with E-state index in [-0.39, 0.29) is 0 Å². The minimum absolute atomic E-state index is 0.975. The Morgan fingerprint density at radius 2 is 1.53 bits per heavy atom. The van der Waals surface area contributed by atoms with Gasteiger partial charge in [-0.3, -0.25) is 0 Å². The predicted molar refractivity (Wildman–Crippen MR) is 62.1 cm³/mol. The summed E-state index contributed by atoms with van der Waals surface area (Å²) in [6.45, 7) is 0. The monoisotopic (exact) mass is 196 g/mol. The molecule has 0 unspecified atom stereocenters. The van der Waals surface area contributed by atoms with E-state index in [1.807, 2.05) is 41.2 Å². The van der Waals surface area contributed by atoms with Crippen LogP contribution < -0.4 is 4.57 Å². The Balaban J connectivity index is 1.97. The van der Waals surface area contributed by atoms with Crippen molar-refractivity contribution in [1.29, 1.82) is 0 Å². The molecule has 0 aliphatic carbocycles. The van der Waals surface area contributed by atoms with Crippen molar-refractivity contribution in [2.75, 3.05) is 0 Å². The van der Waals surface area contributed by atoms with Gasteiger partial charge in [0.1, 0.15) is 0 Å². The summed E-state index contributed by atoms with van der Waals surface area (Å²) in [6, 6.07) is 16.5. The van der Waals surface area contributed by atoms with Gasteiger partial charge in [-0.25, -0.2) is 0 Å². The second-order valence-electron chi connectivity index (χ2n) is 3.40. The summed E-state index contributed by atoms with van der Waals surface area (Å²) in [4.78, 5) is 0. The van der Waals surface area contributed by atoms with Gasteiger partial charge in [-0.1, -0.05) is 36.4 Å². The third-order valence-electron chi connectivity index (χ3n) is 2.21. The van der Waals surface area contributed by atoms with Gasteiger partial charge in [0.25, 0.3) is 0 Å². The second kappa shape index (κ2) is 5.11. The summed E-state index contributed by atoms with van der Waals surface area (Å²) in [7, 11) is 0. The predicted octanol–water partition coefficient (Wildman–Crippen LogP) is 2.69. The van der Waals surface area contributed by atoms with Crippen LogP contribution in [-0.4, -0.2) is 0 Å². The Labute approximate surface area is 90.3 Å². The molecule has 0 fully saturated rings. The third kappa shape index (κ3) is 3.06. The summed E-state index contributed by atoms with van der Waals surface area (Å²) in [6.07, 6.45) is 9.27. The van der Waals surface area contributed by atoms with Crippen molar-refractivity contribution >= 4 is 6.20 Å². The molecule has 0 amide bonds. The van der Waals surface area contributed by atoms with Crippen molar-refractivity contribution in [3.8, 4) is 0 Å². The van der Waals surface area contributed by atoms with Gasteiger partial charge in [-0.2, -0.15) is 4.57 Å². The van der Waals surface area contributed by atoms with Crippen LogP contribution in [0.25, 0.3) is 6.20 Å². The lowest BCUT2D eigenvalue weighted by molar-refractivity contribution is -0.568. The molecule has 0 N–H and O–H groups in total. The first-order valence-corrected chi connectivity index (χ1v) is 5.11. The van der Waals surface area contributed by atoms with E-state index in [1.54, 1.807) is 0 Å². The van der Waals surface area contributed by atoms with Crippen molar-refractivity contribution < 1.29 is 4.57 Å². The maximum atomic E-state index is 2.16. The number of rotatable bonds is 3. The molecule has 0 saturated heterocycles. The molecule has 0 radical (unpaired) electrons. The number of hydrogen-bond donors (Lipinski definition) is 0. The minimum atomic E-state index is 0.975. The fourth-order valence-corrected chi connectivity index (χ4v) is 1.44. The highest BCUT2D eigenvalue weighted by atomic mass is 14.9. The summed E-state index contributed by atoms with van der Waals surface area (Å²) >= 11 is 0. The number of hydrogen-bond acceptors (Lipinski definition) is 0. The largest absolute Gasteiger partial charge is 0.174 e. The number of pyridine rings is 1. The van der Waals surface area contributed by atoms with E-state index in [2.05, 4.69) is 36.5 Å². The van der Waals surface area contributed by atoms with Gasteiger partial charge in [0.15, 0.2) is 18.6 Å². The summed E-state index contributed by atoms with van der Waals surface area (Å²) in [5.41, 5.74) is 1.34. The standard InChI is InChI=1S/C14H14N/c1-3-8-14(9-4-1)10-7-13-15-11-5-2-6-12-15/h1-9,11-13H,10H2/q+1. The average Bonchev–Trinajstić information content (AvgIpc) is 2.32. The molecule has 0 spiro atoms. The lowest BCUT2D eigenvalue weighted by Gasteiger charge is -1.92. The number of aromatic nitrogens is 1. The van der Waals surface area contributed by atoms with E-state index in [0.29, 0.717) is 0 Å². The Kier molecular flexibility index (Phi) is 3.29. The molecular formula is C14H14N+. The molecule has 74 valence electrons. The van der Waals surface area contributed by atoms with Crippen LogP contribution in [0.2, 0.25) is 0 Å². The molecule has 1 aromatic carbocycles. The zero-order valence-electron chi connectivity index (χ0n) is 8.58. The molecule has 1 heteroatoms. The number of benzene rings is 1. The molecule has 0 saturated carbocycles. The number of allylic oxidation sites excluding steroid dienone is 1. The zero-order chi connectivity index (χ0) is 10.3. The molecule has 15 heavy (non-hydrogen) atoms. The van der Waals surface area contributed by atoms with E-state index in [1.165, 1.54) is 5.56 Å². The van der Waals surface area contributed by atoms with Crippen LogP contribution >= 0.6 is 0 Å². The van der Waals surface area contributed by atoms with Crippen molar-refractivity contribution in [3.63, 3.8) is 0 Å². The molecule has 1 heterocycles. The van der Waals surface area contributed by atoms with Gasteiger partial charge < -0.3 is 0 Å². The van der Waals surface area contributed by atoms with Crippen LogP contribution in [0.1, 0.15) is 5.56 Å². The molecule has 1 nitrogen and oxygen atoms in total. The quantitative estimate of drug-likeness (QED) is 0.664. The molecule has 0 bridgehead atoms. The Morgan fingerprint density at radius 1 is 0.867 bits per heavy atom. The fraction of sp³-hybridized carbons (Fsp3) is 0.0714. The zero-order valence-corrected chi connectivity index (χ0v) is 8.58. The first kappa shape index (κ1) is 9.66. The van der Waals surface area contributed by atoms with Gasteiger partial charge in [0, 0.05) is 12.1 Å². The van der Waals surface area contributed by atoms with Gasteiger partial charge in [-0.15, -0.1) is 0 Å². The van der Waals surface area contributed by atoms with Crippen LogP contribution in [0.15, 0.2) is 67.0 Å². The molecule has 1 aromatic heterocycles. The first-order valence-electron chi connectivity index (χ1n) is 5.11. The maximum Gasteiger partial charge on any atom is 0.174 e. The van der Waals surface area contributed by atoms with Crippen molar-refractivity contribution in [2.24, 2.45) is 0 Å². The maximum absolute atomic E-state index is 2.16. The van der Waals surface area contributed by atoms with Gasteiger partial charge in [0.2, 0.25) is 0 Å². The van der Waals surface area contributed by atoms with Crippen LogP contribution in [0.3, 0.4) is 0 Å². The van der Waals surface area contributed by atoms with Gasteiger partial charge >= 0.3 is 0 Å². The molecular weight excluding hydrogens is 182 g/mol. The van der Waals surface area contributed by atoms with Crippen LogP contribution in [0, 0.1) is 0 Å². The molecule has 2 aromatic rings. The highest BCUT2D eigenvalue weighted by Crippen LogP contribution is 1.99. The minimum Gasteiger partial charge on any atom is -0.174 e. The SMILES string of the molecule is C(=C[n+]1ccccc1)Cc1ccccc1. The van der Waals surface area contributed by atoms with E-state index in [0.717, 1.165) is 6.42 Å². The second-order valence-corrected chi connectivity index (χ2v) is 3.40. The highest BCUT2D eigenvalue weighted by molar-refractivity contribution is 5.20. The molecule has 2 rings (SSSR count). The average molecular weight is 196 g/mol. The molecule has 0 atom stereocenters. The normalized spacial score (nSPS) is 10.7.